The molecule has 5 nitrogen and oxygen atoms in total. The van der Waals surface area contributed by atoms with E-state index >= 15 is 0 Å². The standard InChI is InChI=1S/C19H31N3O2/c1-2-3-6-19(24)10-14-8-16(9-15(14)11-19)21-13-18(23)22-7-4-5-17(22)12-20/h14-17,21,24H,2-11,13H2,1H3/t14-,15+,16?,17?,19?. The summed E-state index contributed by atoms with van der Waals surface area (Å²) in [4.78, 5) is 14.0. The molecule has 134 valence electrons. The summed E-state index contributed by atoms with van der Waals surface area (Å²) in [7, 11) is 0. The van der Waals surface area contributed by atoms with Crippen LogP contribution in [0.1, 0.15) is 64.7 Å². The fourth-order valence-corrected chi connectivity index (χ4v) is 5.18. The molecule has 0 spiro atoms. The Balaban J connectivity index is 1.42. The molecule has 0 aromatic rings. The van der Waals surface area contributed by atoms with Gasteiger partial charge in [0.25, 0.3) is 0 Å². The summed E-state index contributed by atoms with van der Waals surface area (Å²) >= 11 is 0. The third-order valence-electron chi connectivity index (χ3n) is 6.39. The molecule has 0 bridgehead atoms. The van der Waals surface area contributed by atoms with Crippen LogP contribution < -0.4 is 5.32 Å². The van der Waals surface area contributed by atoms with Gasteiger partial charge < -0.3 is 15.3 Å². The van der Waals surface area contributed by atoms with Crippen molar-refractivity contribution in [2.45, 2.75) is 82.4 Å². The van der Waals surface area contributed by atoms with Gasteiger partial charge in [-0.2, -0.15) is 5.26 Å². The van der Waals surface area contributed by atoms with E-state index < -0.39 is 5.60 Å². The molecule has 2 saturated carbocycles. The van der Waals surface area contributed by atoms with Gasteiger partial charge in [0.1, 0.15) is 6.04 Å². The zero-order valence-corrected chi connectivity index (χ0v) is 14.8. The van der Waals surface area contributed by atoms with E-state index in [1.165, 1.54) is 0 Å². The number of carbonyl (C=O) groups is 1. The van der Waals surface area contributed by atoms with Gasteiger partial charge in [-0.3, -0.25) is 4.79 Å². The average Bonchev–Trinajstić information content (AvgIpc) is 3.23. The molecule has 0 aromatic carbocycles. The Bertz CT molecular complexity index is 487. The van der Waals surface area contributed by atoms with Crippen LogP contribution in [-0.2, 0) is 4.79 Å². The van der Waals surface area contributed by atoms with Crippen molar-refractivity contribution in [3.8, 4) is 6.07 Å². The zero-order chi connectivity index (χ0) is 17.2. The Labute approximate surface area is 145 Å². The van der Waals surface area contributed by atoms with Gasteiger partial charge in [-0.1, -0.05) is 19.8 Å². The van der Waals surface area contributed by atoms with Crippen LogP contribution in [0, 0.1) is 23.2 Å². The van der Waals surface area contributed by atoms with E-state index in [1.54, 1.807) is 4.90 Å². The van der Waals surface area contributed by atoms with Crippen LogP contribution in [0.4, 0.5) is 0 Å². The number of aliphatic hydroxyl groups is 1. The number of nitrogens with zero attached hydrogens (tertiary/aromatic N) is 2. The molecule has 1 amide bonds. The number of fused-ring (bicyclic) bond motifs is 1. The number of hydrogen-bond acceptors (Lipinski definition) is 4. The predicted molar refractivity (Wildman–Crippen MR) is 92.1 cm³/mol. The number of hydrogen-bond donors (Lipinski definition) is 2. The van der Waals surface area contributed by atoms with Gasteiger partial charge in [-0.25, -0.2) is 0 Å². The lowest BCUT2D eigenvalue weighted by atomic mass is 9.91. The third-order valence-corrected chi connectivity index (χ3v) is 6.39. The minimum absolute atomic E-state index is 0.0653. The first-order valence-corrected chi connectivity index (χ1v) is 9.69. The van der Waals surface area contributed by atoms with E-state index in [9.17, 15) is 9.90 Å². The number of nitriles is 1. The van der Waals surface area contributed by atoms with Crippen LogP contribution in [0.3, 0.4) is 0 Å². The van der Waals surface area contributed by atoms with Gasteiger partial charge in [0.15, 0.2) is 0 Å². The highest BCUT2D eigenvalue weighted by molar-refractivity contribution is 5.79. The molecule has 24 heavy (non-hydrogen) atoms. The number of unbranched alkanes of at least 4 members (excludes halogenated alkanes) is 1. The maximum Gasteiger partial charge on any atom is 0.237 e. The van der Waals surface area contributed by atoms with Crippen LogP contribution >= 0.6 is 0 Å². The summed E-state index contributed by atoms with van der Waals surface area (Å²) in [5.74, 6) is 1.28. The average molecular weight is 333 g/mol. The Morgan fingerprint density at radius 1 is 1.38 bits per heavy atom. The van der Waals surface area contributed by atoms with E-state index in [4.69, 9.17) is 5.26 Å². The molecule has 3 aliphatic rings. The summed E-state index contributed by atoms with van der Waals surface area (Å²) in [5, 5.41) is 23.2. The topological polar surface area (TPSA) is 76.4 Å². The van der Waals surface area contributed by atoms with Crippen molar-refractivity contribution < 1.29 is 9.90 Å². The van der Waals surface area contributed by atoms with Crippen LogP contribution in [-0.4, -0.2) is 46.7 Å². The first-order valence-electron chi connectivity index (χ1n) is 9.69. The Morgan fingerprint density at radius 2 is 2.08 bits per heavy atom. The van der Waals surface area contributed by atoms with Gasteiger partial charge in [0.2, 0.25) is 5.91 Å². The summed E-state index contributed by atoms with van der Waals surface area (Å²) in [6.45, 7) is 3.24. The largest absolute Gasteiger partial charge is 0.390 e. The summed E-state index contributed by atoms with van der Waals surface area (Å²) in [5.41, 5.74) is -0.429. The molecule has 3 unspecified atom stereocenters. The zero-order valence-electron chi connectivity index (χ0n) is 14.8. The van der Waals surface area contributed by atoms with Crippen molar-refractivity contribution in [2.75, 3.05) is 13.1 Å². The smallest absolute Gasteiger partial charge is 0.237 e. The predicted octanol–water partition coefficient (Wildman–Crippen LogP) is 2.20. The molecule has 0 aromatic heterocycles. The molecule has 0 radical (unpaired) electrons. The number of carbonyl (C=O) groups excluding carboxylic acids is 1. The molecule has 2 N–H and O–H groups in total. The van der Waals surface area contributed by atoms with Gasteiger partial charge in [-0.15, -0.1) is 0 Å². The van der Waals surface area contributed by atoms with Crippen LogP contribution in [0.15, 0.2) is 0 Å². The summed E-state index contributed by atoms with van der Waals surface area (Å²) in [6.07, 6.45) is 8.98. The summed E-state index contributed by atoms with van der Waals surface area (Å²) in [6, 6.07) is 2.40. The van der Waals surface area contributed by atoms with Crippen LogP contribution in [0.25, 0.3) is 0 Å². The normalized spacial score (nSPS) is 38.3. The molecular formula is C19H31N3O2. The second-order valence-corrected chi connectivity index (χ2v) is 8.18. The second kappa shape index (κ2) is 7.41. The lowest BCUT2D eigenvalue weighted by molar-refractivity contribution is -0.130. The molecular weight excluding hydrogens is 302 g/mol. The van der Waals surface area contributed by atoms with Gasteiger partial charge in [-0.05, 0) is 56.8 Å². The number of likely N-dealkylation sites (tertiary alicyclic amines) is 1. The number of amides is 1. The van der Waals surface area contributed by atoms with E-state index in [-0.39, 0.29) is 11.9 Å². The van der Waals surface area contributed by atoms with E-state index in [0.29, 0.717) is 24.4 Å². The molecule has 1 saturated heterocycles. The van der Waals surface area contributed by atoms with Crippen LogP contribution in [0.2, 0.25) is 0 Å². The quantitative estimate of drug-likeness (QED) is 0.781. The first-order chi connectivity index (χ1) is 11.5. The third kappa shape index (κ3) is 3.75. The molecule has 1 heterocycles. The number of nitrogens with one attached hydrogen (secondary N) is 1. The van der Waals surface area contributed by atoms with E-state index in [1.807, 2.05) is 0 Å². The SMILES string of the molecule is CCCCC1(O)C[C@H]2CC(NCC(=O)N3CCCC3C#N)C[C@H]2C1. The lowest BCUT2D eigenvalue weighted by Gasteiger charge is -2.25. The fourth-order valence-electron chi connectivity index (χ4n) is 5.18. The molecule has 1 aliphatic heterocycles. The minimum Gasteiger partial charge on any atom is -0.390 e. The monoisotopic (exact) mass is 333 g/mol. The minimum atomic E-state index is -0.429. The molecule has 3 fully saturated rings. The lowest BCUT2D eigenvalue weighted by Crippen LogP contribution is -2.43. The molecule has 3 rings (SSSR count). The van der Waals surface area contributed by atoms with Crippen molar-refractivity contribution in [3.05, 3.63) is 0 Å². The first kappa shape index (κ1) is 17.7. The highest BCUT2D eigenvalue weighted by Crippen LogP contribution is 2.50. The van der Waals surface area contributed by atoms with Crippen molar-refractivity contribution in [3.63, 3.8) is 0 Å². The van der Waals surface area contributed by atoms with Gasteiger partial charge in [0, 0.05) is 12.6 Å². The van der Waals surface area contributed by atoms with E-state index in [2.05, 4.69) is 18.3 Å². The van der Waals surface area contributed by atoms with E-state index in [0.717, 1.165) is 64.3 Å². The highest BCUT2D eigenvalue weighted by Gasteiger charge is 2.48. The maximum absolute atomic E-state index is 12.3. The van der Waals surface area contributed by atoms with Gasteiger partial charge >= 0.3 is 0 Å². The molecule has 5 heteroatoms. The molecule has 2 aliphatic carbocycles. The van der Waals surface area contributed by atoms with Crippen molar-refractivity contribution in [1.82, 2.24) is 10.2 Å². The Kier molecular flexibility index (Phi) is 5.46. The fraction of sp³-hybridized carbons (Fsp3) is 0.895. The number of rotatable bonds is 6. The van der Waals surface area contributed by atoms with Crippen molar-refractivity contribution in [2.24, 2.45) is 11.8 Å². The Morgan fingerprint density at radius 3 is 2.71 bits per heavy atom. The second-order valence-electron chi connectivity index (χ2n) is 8.18. The van der Waals surface area contributed by atoms with Gasteiger partial charge in [0.05, 0.1) is 18.2 Å². The highest BCUT2D eigenvalue weighted by atomic mass is 16.3. The summed E-state index contributed by atoms with van der Waals surface area (Å²) < 4.78 is 0. The van der Waals surface area contributed by atoms with Crippen molar-refractivity contribution in [1.29, 1.82) is 5.26 Å². The molecule has 5 atom stereocenters. The Hall–Kier alpha value is -1.12. The van der Waals surface area contributed by atoms with Crippen molar-refractivity contribution >= 4 is 5.91 Å². The van der Waals surface area contributed by atoms with Crippen LogP contribution in [0.5, 0.6) is 0 Å². The maximum atomic E-state index is 12.3.